The molecular weight excluding hydrogens is 458 g/mol. The summed E-state index contributed by atoms with van der Waals surface area (Å²) in [5.41, 5.74) is 2.54. The molecule has 0 spiro atoms. The van der Waals surface area contributed by atoms with E-state index < -0.39 is 5.54 Å². The fraction of sp³-hybridized carbons (Fsp3) is 0.375. The number of amides is 2. The summed E-state index contributed by atoms with van der Waals surface area (Å²) < 4.78 is 6.51. The van der Waals surface area contributed by atoms with Crippen molar-refractivity contribution in [3.05, 3.63) is 70.2 Å². The van der Waals surface area contributed by atoms with Crippen molar-refractivity contribution < 1.29 is 14.3 Å². The molecule has 162 valence electrons. The molecule has 0 radical (unpaired) electrons. The maximum Gasteiger partial charge on any atom is 0.243 e. The lowest BCUT2D eigenvalue weighted by Crippen LogP contribution is -2.49. The number of halogens is 1. The largest absolute Gasteiger partial charge is 0.381 e. The van der Waals surface area contributed by atoms with E-state index in [0.717, 1.165) is 27.7 Å². The van der Waals surface area contributed by atoms with Crippen molar-refractivity contribution in [2.24, 2.45) is 5.10 Å². The summed E-state index contributed by atoms with van der Waals surface area (Å²) in [5.74, 6) is -0.244. The number of hydrazone groups is 1. The van der Waals surface area contributed by atoms with Crippen molar-refractivity contribution in [2.75, 3.05) is 19.8 Å². The monoisotopic (exact) mass is 483 g/mol. The van der Waals surface area contributed by atoms with Crippen LogP contribution in [0.1, 0.15) is 43.2 Å². The normalized spacial score (nSPS) is 17.8. The Balaban J connectivity index is 1.37. The summed E-state index contributed by atoms with van der Waals surface area (Å²) in [6, 6.07) is 17.9. The zero-order valence-electron chi connectivity index (χ0n) is 17.4. The number of hydrogen-bond donors (Lipinski definition) is 1. The van der Waals surface area contributed by atoms with Crippen LogP contribution in [0.25, 0.3) is 0 Å². The number of nitrogens with one attached hydrogen (secondary N) is 1. The van der Waals surface area contributed by atoms with E-state index in [1.54, 1.807) is 0 Å². The first-order chi connectivity index (χ1) is 15.1. The predicted molar refractivity (Wildman–Crippen MR) is 123 cm³/mol. The van der Waals surface area contributed by atoms with Gasteiger partial charge in [-0.05, 0) is 36.1 Å². The van der Waals surface area contributed by atoms with Crippen LogP contribution < -0.4 is 5.32 Å². The van der Waals surface area contributed by atoms with Gasteiger partial charge in [-0.3, -0.25) is 9.59 Å². The number of carbonyl (C=O) groups is 2. The zero-order chi connectivity index (χ0) is 21.7. The highest BCUT2D eigenvalue weighted by atomic mass is 79.9. The van der Waals surface area contributed by atoms with Gasteiger partial charge in [-0.25, -0.2) is 5.01 Å². The highest BCUT2D eigenvalue weighted by Gasteiger charge is 2.36. The third-order valence-corrected chi connectivity index (χ3v) is 6.36. The molecule has 2 aliphatic rings. The number of benzene rings is 2. The topological polar surface area (TPSA) is 71.0 Å². The van der Waals surface area contributed by atoms with E-state index in [9.17, 15) is 9.59 Å². The van der Waals surface area contributed by atoms with Crippen molar-refractivity contribution in [1.29, 1.82) is 0 Å². The standard InChI is InChI=1S/C24H26BrN3O3/c25-20-8-4-7-19(17-20)24(12-15-31-16-13-24)26-22(29)9-10-23(30)28-14-11-21(27-28)18-5-2-1-3-6-18/h1-8,17H,9-16H2,(H,26,29). The molecule has 2 heterocycles. The van der Waals surface area contributed by atoms with Crippen LogP contribution in [0.3, 0.4) is 0 Å². The second kappa shape index (κ2) is 9.75. The molecule has 1 fully saturated rings. The van der Waals surface area contributed by atoms with E-state index in [0.29, 0.717) is 32.6 Å². The molecule has 1 saturated heterocycles. The molecule has 0 saturated carbocycles. The van der Waals surface area contributed by atoms with Gasteiger partial charge in [-0.15, -0.1) is 0 Å². The first-order valence-electron chi connectivity index (χ1n) is 10.6. The second-order valence-electron chi connectivity index (χ2n) is 7.93. The lowest BCUT2D eigenvalue weighted by atomic mass is 9.82. The van der Waals surface area contributed by atoms with Gasteiger partial charge in [0.2, 0.25) is 11.8 Å². The Labute approximate surface area is 190 Å². The molecular formula is C24H26BrN3O3. The quantitative estimate of drug-likeness (QED) is 0.674. The average molecular weight is 484 g/mol. The summed E-state index contributed by atoms with van der Waals surface area (Å²) in [5, 5.41) is 9.17. The van der Waals surface area contributed by atoms with E-state index in [4.69, 9.17) is 4.74 Å². The van der Waals surface area contributed by atoms with Crippen molar-refractivity contribution >= 4 is 33.5 Å². The first-order valence-corrected chi connectivity index (χ1v) is 11.4. The number of nitrogens with zero attached hydrogens (tertiary/aromatic N) is 2. The first kappa shape index (κ1) is 21.7. The van der Waals surface area contributed by atoms with Gasteiger partial charge in [0.15, 0.2) is 0 Å². The fourth-order valence-electron chi connectivity index (χ4n) is 4.14. The van der Waals surface area contributed by atoms with Crippen molar-refractivity contribution in [3.63, 3.8) is 0 Å². The van der Waals surface area contributed by atoms with Gasteiger partial charge in [-0.1, -0.05) is 58.4 Å². The lowest BCUT2D eigenvalue weighted by Gasteiger charge is -2.38. The molecule has 6 nitrogen and oxygen atoms in total. The van der Waals surface area contributed by atoms with Crippen LogP contribution in [-0.2, 0) is 19.9 Å². The van der Waals surface area contributed by atoms with Gasteiger partial charge in [-0.2, -0.15) is 5.10 Å². The molecule has 0 atom stereocenters. The third kappa shape index (κ3) is 5.22. The zero-order valence-corrected chi connectivity index (χ0v) is 18.9. The highest BCUT2D eigenvalue weighted by molar-refractivity contribution is 9.10. The minimum absolute atomic E-state index is 0.121. The van der Waals surface area contributed by atoms with Crippen molar-refractivity contribution in [3.8, 4) is 0 Å². The van der Waals surface area contributed by atoms with Crippen LogP contribution in [0.5, 0.6) is 0 Å². The van der Waals surface area contributed by atoms with Crippen LogP contribution in [0.15, 0.2) is 64.2 Å². The molecule has 31 heavy (non-hydrogen) atoms. The Morgan fingerprint density at radius 2 is 1.84 bits per heavy atom. The molecule has 0 bridgehead atoms. The third-order valence-electron chi connectivity index (χ3n) is 5.86. The number of carbonyl (C=O) groups excluding carboxylic acids is 2. The van der Waals surface area contributed by atoms with E-state index >= 15 is 0 Å². The number of rotatable bonds is 6. The minimum Gasteiger partial charge on any atom is -0.381 e. The summed E-state index contributed by atoms with van der Waals surface area (Å²) in [7, 11) is 0. The minimum atomic E-state index is -0.464. The maximum atomic E-state index is 12.8. The SMILES string of the molecule is O=C(CCC(=O)N1CCC(c2ccccc2)=N1)NC1(c2cccc(Br)c2)CCOCC1. The molecule has 1 N–H and O–H groups in total. The summed E-state index contributed by atoms with van der Waals surface area (Å²) in [6.07, 6.45) is 2.43. The molecule has 0 aromatic heterocycles. The van der Waals surface area contributed by atoms with Crippen LogP contribution in [0.2, 0.25) is 0 Å². The Kier molecular flexibility index (Phi) is 6.83. The molecule has 0 unspecified atom stereocenters. The Bertz CT molecular complexity index is 971. The van der Waals surface area contributed by atoms with Crippen molar-refractivity contribution in [1.82, 2.24) is 10.3 Å². The number of hydrogen-bond acceptors (Lipinski definition) is 4. The van der Waals surface area contributed by atoms with Crippen molar-refractivity contribution in [2.45, 2.75) is 37.6 Å². The van der Waals surface area contributed by atoms with Gasteiger partial charge in [0.1, 0.15) is 0 Å². The van der Waals surface area contributed by atoms with Crippen LogP contribution >= 0.6 is 15.9 Å². The highest BCUT2D eigenvalue weighted by Crippen LogP contribution is 2.33. The Morgan fingerprint density at radius 3 is 2.58 bits per heavy atom. The van der Waals surface area contributed by atoms with Crippen LogP contribution in [0.4, 0.5) is 0 Å². The Morgan fingerprint density at radius 1 is 1.06 bits per heavy atom. The van der Waals surface area contributed by atoms with E-state index in [1.165, 1.54) is 5.01 Å². The van der Waals surface area contributed by atoms with Gasteiger partial charge in [0.05, 0.1) is 17.8 Å². The summed E-state index contributed by atoms with van der Waals surface area (Å²) in [4.78, 5) is 25.4. The van der Waals surface area contributed by atoms with Crippen LogP contribution in [0, 0.1) is 0 Å². The summed E-state index contributed by atoms with van der Waals surface area (Å²) in [6.45, 7) is 1.75. The molecule has 2 aromatic rings. The van der Waals surface area contributed by atoms with E-state index in [1.807, 2.05) is 54.6 Å². The smallest absolute Gasteiger partial charge is 0.243 e. The average Bonchev–Trinajstić information content (AvgIpc) is 3.29. The fourth-order valence-corrected chi connectivity index (χ4v) is 4.54. The molecule has 7 heteroatoms. The van der Waals surface area contributed by atoms with Gasteiger partial charge in [0.25, 0.3) is 0 Å². The Hall–Kier alpha value is -2.51. The molecule has 2 amide bonds. The maximum absolute atomic E-state index is 12.8. The summed E-state index contributed by atoms with van der Waals surface area (Å²) >= 11 is 3.52. The van der Waals surface area contributed by atoms with E-state index in [2.05, 4.69) is 26.3 Å². The second-order valence-corrected chi connectivity index (χ2v) is 8.85. The predicted octanol–water partition coefficient (Wildman–Crippen LogP) is 3.99. The van der Waals surface area contributed by atoms with Gasteiger partial charge >= 0.3 is 0 Å². The van der Waals surface area contributed by atoms with Gasteiger partial charge in [0, 0.05) is 36.9 Å². The number of ether oxygens (including phenoxy) is 1. The molecule has 0 aliphatic carbocycles. The molecule has 2 aromatic carbocycles. The van der Waals surface area contributed by atoms with Crippen LogP contribution in [-0.4, -0.2) is 42.3 Å². The van der Waals surface area contributed by atoms with Gasteiger partial charge < -0.3 is 10.1 Å². The lowest BCUT2D eigenvalue weighted by molar-refractivity contribution is -0.134. The van der Waals surface area contributed by atoms with E-state index in [-0.39, 0.29) is 24.7 Å². The molecule has 4 rings (SSSR count). The molecule has 2 aliphatic heterocycles.